The van der Waals surface area contributed by atoms with Crippen LogP contribution in [0.15, 0.2) is 6.20 Å². The van der Waals surface area contributed by atoms with Crippen LogP contribution in [0.1, 0.15) is 29.8 Å². The third kappa shape index (κ3) is 3.73. The molecule has 0 aliphatic rings. The molecule has 7 heteroatoms. The first-order valence-corrected chi connectivity index (χ1v) is 5.45. The van der Waals surface area contributed by atoms with Crippen molar-refractivity contribution in [3.8, 4) is 0 Å². The zero-order chi connectivity index (χ0) is 12.3. The molecule has 1 N–H and O–H groups in total. The SMILES string of the molecule is CC(C)OCC(O)c1cnc(C(F)(F)F)s1. The van der Waals surface area contributed by atoms with Crippen molar-refractivity contribution in [1.29, 1.82) is 0 Å². The number of aliphatic hydroxyl groups excluding tert-OH is 1. The summed E-state index contributed by atoms with van der Waals surface area (Å²) in [4.78, 5) is 3.37. The minimum Gasteiger partial charge on any atom is -0.385 e. The minimum absolute atomic E-state index is 0.0306. The Hall–Kier alpha value is -0.660. The van der Waals surface area contributed by atoms with Crippen LogP contribution in [0, 0.1) is 0 Å². The Morgan fingerprint density at radius 3 is 2.56 bits per heavy atom. The molecule has 0 bridgehead atoms. The molecular formula is C9H12F3NO2S. The molecule has 1 atom stereocenters. The highest BCUT2D eigenvalue weighted by molar-refractivity contribution is 7.11. The van der Waals surface area contributed by atoms with Gasteiger partial charge in [-0.2, -0.15) is 13.2 Å². The second-order valence-electron chi connectivity index (χ2n) is 3.46. The second kappa shape index (κ2) is 5.11. The third-order valence-electron chi connectivity index (χ3n) is 1.68. The van der Waals surface area contributed by atoms with E-state index < -0.39 is 17.3 Å². The molecule has 0 fully saturated rings. The molecule has 1 unspecified atom stereocenters. The van der Waals surface area contributed by atoms with Crippen LogP contribution in [-0.2, 0) is 10.9 Å². The number of hydrogen-bond acceptors (Lipinski definition) is 4. The van der Waals surface area contributed by atoms with E-state index in [1.165, 1.54) is 0 Å². The van der Waals surface area contributed by atoms with Gasteiger partial charge in [0, 0.05) is 6.20 Å². The summed E-state index contributed by atoms with van der Waals surface area (Å²) in [5.74, 6) is 0. The standard InChI is InChI=1S/C9H12F3NO2S/c1-5(2)15-4-6(14)7-3-13-8(16-7)9(10,11)12/h3,5-6,14H,4H2,1-2H3. The third-order valence-corrected chi connectivity index (χ3v) is 2.83. The number of halogens is 3. The monoisotopic (exact) mass is 255 g/mol. The zero-order valence-corrected chi connectivity index (χ0v) is 9.60. The quantitative estimate of drug-likeness (QED) is 0.899. The normalized spacial score (nSPS) is 14.4. The van der Waals surface area contributed by atoms with E-state index in [9.17, 15) is 18.3 Å². The highest BCUT2D eigenvalue weighted by atomic mass is 32.1. The molecule has 0 radical (unpaired) electrons. The summed E-state index contributed by atoms with van der Waals surface area (Å²) in [6.45, 7) is 3.53. The summed E-state index contributed by atoms with van der Waals surface area (Å²) >= 11 is 0.433. The molecule has 3 nitrogen and oxygen atoms in total. The predicted octanol–water partition coefficient (Wildman–Crippen LogP) is 2.62. The molecule has 0 aliphatic heterocycles. The van der Waals surface area contributed by atoms with Crippen LogP contribution >= 0.6 is 11.3 Å². The summed E-state index contributed by atoms with van der Waals surface area (Å²) < 4.78 is 41.7. The van der Waals surface area contributed by atoms with Crippen LogP contribution in [0.3, 0.4) is 0 Å². The van der Waals surface area contributed by atoms with Crippen LogP contribution in [0.4, 0.5) is 13.2 Å². The van der Waals surface area contributed by atoms with Gasteiger partial charge < -0.3 is 9.84 Å². The van der Waals surface area contributed by atoms with E-state index in [0.717, 1.165) is 6.20 Å². The van der Waals surface area contributed by atoms with Gasteiger partial charge in [-0.25, -0.2) is 4.98 Å². The van der Waals surface area contributed by atoms with Crippen LogP contribution in [0.25, 0.3) is 0 Å². The number of aromatic nitrogens is 1. The van der Waals surface area contributed by atoms with Crippen LogP contribution in [0.5, 0.6) is 0 Å². The second-order valence-corrected chi connectivity index (χ2v) is 4.53. The number of nitrogens with zero attached hydrogens (tertiary/aromatic N) is 1. The molecule has 0 aromatic carbocycles. The number of rotatable bonds is 4. The van der Waals surface area contributed by atoms with Gasteiger partial charge in [0.2, 0.25) is 0 Å². The number of alkyl halides is 3. The first-order chi connectivity index (χ1) is 7.30. The summed E-state index contributed by atoms with van der Waals surface area (Å²) in [6, 6.07) is 0. The van der Waals surface area contributed by atoms with Gasteiger partial charge in [-0.05, 0) is 13.8 Å². The van der Waals surface area contributed by atoms with Gasteiger partial charge in [-0.15, -0.1) is 11.3 Å². The average Bonchev–Trinajstić information content (AvgIpc) is 2.61. The van der Waals surface area contributed by atoms with Crippen LogP contribution in [0.2, 0.25) is 0 Å². The highest BCUT2D eigenvalue weighted by Crippen LogP contribution is 2.34. The molecule has 0 spiro atoms. The van der Waals surface area contributed by atoms with Gasteiger partial charge in [-0.1, -0.05) is 0 Å². The fraction of sp³-hybridized carbons (Fsp3) is 0.667. The lowest BCUT2D eigenvalue weighted by molar-refractivity contribution is -0.137. The van der Waals surface area contributed by atoms with Gasteiger partial charge >= 0.3 is 6.18 Å². The van der Waals surface area contributed by atoms with Crippen LogP contribution < -0.4 is 0 Å². The molecule has 1 heterocycles. The van der Waals surface area contributed by atoms with Gasteiger partial charge in [0.05, 0.1) is 17.6 Å². The zero-order valence-electron chi connectivity index (χ0n) is 8.78. The highest BCUT2D eigenvalue weighted by Gasteiger charge is 2.35. The smallest absolute Gasteiger partial charge is 0.385 e. The van der Waals surface area contributed by atoms with E-state index in [1.54, 1.807) is 13.8 Å². The molecule has 92 valence electrons. The van der Waals surface area contributed by atoms with Crippen molar-refractivity contribution < 1.29 is 23.0 Å². The Kier molecular flexibility index (Phi) is 4.28. The lowest BCUT2D eigenvalue weighted by Crippen LogP contribution is -2.10. The molecule has 0 amide bonds. The van der Waals surface area contributed by atoms with Gasteiger partial charge in [0.15, 0.2) is 5.01 Å². The molecule has 1 aromatic heterocycles. The van der Waals surface area contributed by atoms with Gasteiger partial charge in [-0.3, -0.25) is 0 Å². The Morgan fingerprint density at radius 2 is 2.12 bits per heavy atom. The van der Waals surface area contributed by atoms with E-state index in [4.69, 9.17) is 4.74 Å². The predicted molar refractivity (Wildman–Crippen MR) is 53.2 cm³/mol. The van der Waals surface area contributed by atoms with Crippen molar-refractivity contribution in [3.05, 3.63) is 16.1 Å². The molecular weight excluding hydrogens is 243 g/mol. The van der Waals surface area contributed by atoms with E-state index in [1.807, 2.05) is 0 Å². The van der Waals surface area contributed by atoms with Crippen molar-refractivity contribution in [2.45, 2.75) is 32.2 Å². The molecule has 0 saturated heterocycles. The van der Waals surface area contributed by atoms with E-state index in [-0.39, 0.29) is 17.6 Å². The first kappa shape index (κ1) is 13.4. The first-order valence-electron chi connectivity index (χ1n) is 4.63. The molecule has 1 rings (SSSR count). The van der Waals surface area contributed by atoms with Crippen molar-refractivity contribution in [1.82, 2.24) is 4.98 Å². The summed E-state index contributed by atoms with van der Waals surface area (Å²) in [5.41, 5.74) is 0. The van der Waals surface area contributed by atoms with E-state index in [0.29, 0.717) is 11.3 Å². The van der Waals surface area contributed by atoms with Gasteiger partial charge in [0.1, 0.15) is 6.10 Å². The van der Waals surface area contributed by atoms with Gasteiger partial charge in [0.25, 0.3) is 0 Å². The molecule has 16 heavy (non-hydrogen) atoms. The maximum absolute atomic E-state index is 12.2. The lowest BCUT2D eigenvalue weighted by Gasteiger charge is -2.11. The Morgan fingerprint density at radius 1 is 1.50 bits per heavy atom. The van der Waals surface area contributed by atoms with Crippen molar-refractivity contribution >= 4 is 11.3 Å². The Labute approximate surface area is 94.9 Å². The summed E-state index contributed by atoms with van der Waals surface area (Å²) in [6.07, 6.45) is -4.57. The Balaban J connectivity index is 2.63. The van der Waals surface area contributed by atoms with Crippen LogP contribution in [-0.4, -0.2) is 22.8 Å². The molecule has 0 saturated carbocycles. The lowest BCUT2D eigenvalue weighted by atomic mass is 10.3. The van der Waals surface area contributed by atoms with Crippen molar-refractivity contribution in [2.75, 3.05) is 6.61 Å². The van der Waals surface area contributed by atoms with E-state index >= 15 is 0 Å². The fourth-order valence-corrected chi connectivity index (χ4v) is 1.69. The topological polar surface area (TPSA) is 42.4 Å². The molecule has 1 aromatic rings. The summed E-state index contributed by atoms with van der Waals surface area (Å²) in [7, 11) is 0. The number of hydrogen-bond donors (Lipinski definition) is 1. The van der Waals surface area contributed by atoms with E-state index in [2.05, 4.69) is 4.98 Å². The molecule has 0 aliphatic carbocycles. The number of ether oxygens (including phenoxy) is 1. The van der Waals surface area contributed by atoms with Crippen molar-refractivity contribution in [2.24, 2.45) is 0 Å². The minimum atomic E-state index is -4.46. The average molecular weight is 255 g/mol. The maximum atomic E-state index is 12.2. The maximum Gasteiger partial charge on any atom is 0.443 e. The largest absolute Gasteiger partial charge is 0.443 e. The van der Waals surface area contributed by atoms with Crippen molar-refractivity contribution in [3.63, 3.8) is 0 Å². The number of aliphatic hydroxyl groups is 1. The fourth-order valence-electron chi connectivity index (χ4n) is 0.937. The Bertz CT molecular complexity index is 338. The number of thiazole rings is 1. The summed E-state index contributed by atoms with van der Waals surface area (Å²) in [5, 5.41) is 8.57.